The van der Waals surface area contributed by atoms with Crippen molar-refractivity contribution in [2.75, 3.05) is 40.4 Å². The van der Waals surface area contributed by atoms with Gasteiger partial charge in [0.2, 0.25) is 5.91 Å². The Bertz CT molecular complexity index is 764. The molecule has 0 N–H and O–H groups in total. The largest absolute Gasteiger partial charge is 0.497 e. The summed E-state index contributed by atoms with van der Waals surface area (Å²) in [5.41, 5.74) is 2.34. The third-order valence-corrected chi connectivity index (χ3v) is 5.29. The molecule has 5 nitrogen and oxygen atoms in total. The van der Waals surface area contributed by atoms with Gasteiger partial charge in [-0.25, -0.2) is 0 Å². The molecular weight excluding hydrogens is 352 g/mol. The van der Waals surface area contributed by atoms with Crippen molar-refractivity contribution in [1.82, 2.24) is 9.80 Å². The number of nitrogens with zero attached hydrogens (tertiary/aromatic N) is 2. The van der Waals surface area contributed by atoms with Gasteiger partial charge in [0.25, 0.3) is 0 Å². The SMILES string of the molecule is COc1ccc(OC)c(CCC(=O)N2CCCN(Cc3ccccc3)CC2)c1. The molecule has 1 heterocycles. The Hall–Kier alpha value is -2.53. The quantitative estimate of drug-likeness (QED) is 0.736. The van der Waals surface area contributed by atoms with Crippen LogP contribution in [0.1, 0.15) is 24.0 Å². The molecule has 28 heavy (non-hydrogen) atoms. The van der Waals surface area contributed by atoms with Crippen molar-refractivity contribution in [3.8, 4) is 11.5 Å². The van der Waals surface area contributed by atoms with Crippen molar-refractivity contribution < 1.29 is 14.3 Å². The summed E-state index contributed by atoms with van der Waals surface area (Å²) >= 11 is 0. The molecule has 0 spiro atoms. The maximum Gasteiger partial charge on any atom is 0.222 e. The van der Waals surface area contributed by atoms with E-state index in [4.69, 9.17) is 9.47 Å². The van der Waals surface area contributed by atoms with Crippen molar-refractivity contribution in [3.05, 3.63) is 59.7 Å². The lowest BCUT2D eigenvalue weighted by atomic mass is 10.1. The minimum atomic E-state index is 0.214. The highest BCUT2D eigenvalue weighted by atomic mass is 16.5. The number of hydrogen-bond acceptors (Lipinski definition) is 4. The van der Waals surface area contributed by atoms with Crippen molar-refractivity contribution in [1.29, 1.82) is 0 Å². The number of carbonyl (C=O) groups is 1. The van der Waals surface area contributed by atoms with Crippen molar-refractivity contribution in [2.45, 2.75) is 25.8 Å². The van der Waals surface area contributed by atoms with Crippen LogP contribution in [0.25, 0.3) is 0 Å². The first-order valence-corrected chi connectivity index (χ1v) is 9.94. The van der Waals surface area contributed by atoms with E-state index in [1.54, 1.807) is 14.2 Å². The van der Waals surface area contributed by atoms with Crippen LogP contribution < -0.4 is 9.47 Å². The fourth-order valence-corrected chi connectivity index (χ4v) is 3.70. The van der Waals surface area contributed by atoms with E-state index in [-0.39, 0.29) is 5.91 Å². The van der Waals surface area contributed by atoms with Gasteiger partial charge in [0.15, 0.2) is 0 Å². The standard InChI is InChI=1S/C23H30N2O3/c1-27-21-10-11-22(28-2)20(17-21)9-12-23(26)25-14-6-13-24(15-16-25)18-19-7-4-3-5-8-19/h3-5,7-8,10-11,17H,6,9,12-16,18H2,1-2H3. The minimum Gasteiger partial charge on any atom is -0.497 e. The van der Waals surface area contributed by atoms with Gasteiger partial charge in [0.1, 0.15) is 11.5 Å². The molecule has 0 aliphatic carbocycles. The second-order valence-corrected chi connectivity index (χ2v) is 7.17. The number of carbonyl (C=O) groups excluding carboxylic acids is 1. The average molecular weight is 383 g/mol. The molecule has 0 saturated carbocycles. The van der Waals surface area contributed by atoms with E-state index in [1.807, 2.05) is 29.2 Å². The molecule has 2 aromatic rings. The van der Waals surface area contributed by atoms with E-state index < -0.39 is 0 Å². The number of ether oxygens (including phenoxy) is 2. The zero-order valence-electron chi connectivity index (χ0n) is 16.9. The highest BCUT2D eigenvalue weighted by molar-refractivity contribution is 5.76. The van der Waals surface area contributed by atoms with Gasteiger partial charge in [-0.2, -0.15) is 0 Å². The van der Waals surface area contributed by atoms with E-state index >= 15 is 0 Å². The van der Waals surface area contributed by atoms with Crippen LogP contribution in [0.15, 0.2) is 48.5 Å². The van der Waals surface area contributed by atoms with E-state index in [1.165, 1.54) is 5.56 Å². The maximum atomic E-state index is 12.8. The van der Waals surface area contributed by atoms with Crippen molar-refractivity contribution in [3.63, 3.8) is 0 Å². The predicted molar refractivity (Wildman–Crippen MR) is 111 cm³/mol. The number of hydrogen-bond donors (Lipinski definition) is 0. The monoisotopic (exact) mass is 382 g/mol. The lowest BCUT2D eigenvalue weighted by molar-refractivity contribution is -0.131. The number of rotatable bonds is 7. The highest BCUT2D eigenvalue weighted by Crippen LogP contribution is 2.25. The second-order valence-electron chi connectivity index (χ2n) is 7.17. The van der Waals surface area contributed by atoms with Crippen LogP contribution in [0.5, 0.6) is 11.5 Å². The molecular formula is C23H30N2O3. The molecule has 0 bridgehead atoms. The van der Waals surface area contributed by atoms with Gasteiger partial charge in [-0.1, -0.05) is 30.3 Å². The molecule has 150 valence electrons. The first-order valence-electron chi connectivity index (χ1n) is 9.94. The zero-order chi connectivity index (χ0) is 19.8. The molecule has 0 aromatic heterocycles. The summed E-state index contributed by atoms with van der Waals surface area (Å²) in [6.45, 7) is 4.52. The van der Waals surface area contributed by atoms with Gasteiger partial charge in [-0.3, -0.25) is 9.69 Å². The van der Waals surface area contributed by atoms with Crippen molar-refractivity contribution >= 4 is 5.91 Å². The summed E-state index contributed by atoms with van der Waals surface area (Å²) in [5.74, 6) is 1.81. The number of amides is 1. The van der Waals surface area contributed by atoms with Crippen LogP contribution in [0.4, 0.5) is 0 Å². The maximum absolute atomic E-state index is 12.8. The Balaban J connectivity index is 1.52. The summed E-state index contributed by atoms with van der Waals surface area (Å²) in [7, 11) is 3.30. The summed E-state index contributed by atoms with van der Waals surface area (Å²) in [4.78, 5) is 17.2. The lowest BCUT2D eigenvalue weighted by Crippen LogP contribution is -2.35. The summed E-state index contributed by atoms with van der Waals surface area (Å²) < 4.78 is 10.7. The van der Waals surface area contributed by atoms with Crippen LogP contribution in [-0.2, 0) is 17.8 Å². The highest BCUT2D eigenvalue weighted by Gasteiger charge is 2.19. The zero-order valence-corrected chi connectivity index (χ0v) is 16.9. The first kappa shape index (κ1) is 20.2. The Labute approximate surface area is 167 Å². The van der Waals surface area contributed by atoms with Gasteiger partial charge >= 0.3 is 0 Å². The number of benzene rings is 2. The second kappa shape index (κ2) is 10.1. The van der Waals surface area contributed by atoms with Gasteiger partial charge < -0.3 is 14.4 Å². The molecule has 1 amide bonds. The van der Waals surface area contributed by atoms with Gasteiger partial charge in [0, 0.05) is 39.1 Å². The molecule has 2 aromatic carbocycles. The summed E-state index contributed by atoms with van der Waals surface area (Å²) in [6, 6.07) is 16.3. The van der Waals surface area contributed by atoms with E-state index in [0.717, 1.165) is 56.2 Å². The number of aryl methyl sites for hydroxylation is 1. The summed E-state index contributed by atoms with van der Waals surface area (Å²) in [6.07, 6.45) is 2.16. The topological polar surface area (TPSA) is 42.0 Å². The van der Waals surface area contributed by atoms with E-state index in [0.29, 0.717) is 12.8 Å². The molecule has 0 atom stereocenters. The third-order valence-electron chi connectivity index (χ3n) is 5.29. The van der Waals surface area contributed by atoms with Crippen LogP contribution >= 0.6 is 0 Å². The molecule has 5 heteroatoms. The smallest absolute Gasteiger partial charge is 0.222 e. The Kier molecular flexibility index (Phi) is 7.31. The van der Waals surface area contributed by atoms with Gasteiger partial charge in [-0.05, 0) is 42.2 Å². The predicted octanol–water partition coefficient (Wildman–Crippen LogP) is 3.37. The number of methoxy groups -OCH3 is 2. The lowest BCUT2D eigenvalue weighted by Gasteiger charge is -2.22. The summed E-state index contributed by atoms with van der Waals surface area (Å²) in [5, 5.41) is 0. The Morgan fingerprint density at radius 2 is 1.79 bits per heavy atom. The van der Waals surface area contributed by atoms with Gasteiger partial charge in [-0.15, -0.1) is 0 Å². The molecule has 1 saturated heterocycles. The van der Waals surface area contributed by atoms with E-state index in [2.05, 4.69) is 29.2 Å². The third kappa shape index (κ3) is 5.49. The first-order chi connectivity index (χ1) is 13.7. The van der Waals surface area contributed by atoms with Crippen LogP contribution in [0.2, 0.25) is 0 Å². The van der Waals surface area contributed by atoms with Gasteiger partial charge in [0.05, 0.1) is 14.2 Å². The van der Waals surface area contributed by atoms with Crippen LogP contribution in [0.3, 0.4) is 0 Å². The fraction of sp³-hybridized carbons (Fsp3) is 0.435. The molecule has 0 radical (unpaired) electrons. The Morgan fingerprint density at radius 3 is 2.54 bits per heavy atom. The van der Waals surface area contributed by atoms with Crippen molar-refractivity contribution in [2.24, 2.45) is 0 Å². The fourth-order valence-electron chi connectivity index (χ4n) is 3.70. The average Bonchev–Trinajstić information content (AvgIpc) is 2.98. The molecule has 1 aliphatic rings. The normalized spacial score (nSPS) is 15.1. The van der Waals surface area contributed by atoms with Crippen LogP contribution in [0, 0.1) is 0 Å². The molecule has 3 rings (SSSR count). The molecule has 1 aliphatic heterocycles. The van der Waals surface area contributed by atoms with Crippen LogP contribution in [-0.4, -0.2) is 56.1 Å². The minimum absolute atomic E-state index is 0.214. The Morgan fingerprint density at radius 1 is 0.964 bits per heavy atom. The molecule has 0 unspecified atom stereocenters. The van der Waals surface area contributed by atoms with E-state index in [9.17, 15) is 4.79 Å². The molecule has 1 fully saturated rings.